The Hall–Kier alpha value is -1.39. The largest absolute Gasteiger partial charge is 0.413 e. The Morgan fingerprint density at radius 3 is 2.33 bits per heavy atom. The molecule has 2 aliphatic heterocycles. The standard InChI is InChI=1S/C20H29NO2Si/c1-14(23-24(5,6)20(2,3)4)18-17-13-12-16(21(17)19(18)22)15-10-8-7-9-11-15/h7-14,16-18H,1-6H3/t14-,16?,17-,18-/m1/s1. The lowest BCUT2D eigenvalue weighted by Crippen LogP contribution is -2.63. The molecule has 3 nitrogen and oxygen atoms in total. The molecule has 0 saturated carbocycles. The van der Waals surface area contributed by atoms with Gasteiger partial charge in [0, 0.05) is 0 Å². The average Bonchev–Trinajstić information content (AvgIpc) is 2.85. The summed E-state index contributed by atoms with van der Waals surface area (Å²) >= 11 is 0. The SMILES string of the molecule is C[C@@H](O[Si](C)(C)C(C)(C)C)[C@H]1C(=O)N2C(c3ccccc3)C=C[C@H]12. The summed E-state index contributed by atoms with van der Waals surface area (Å²) in [5, 5.41) is 0.159. The summed E-state index contributed by atoms with van der Waals surface area (Å²) in [4.78, 5) is 14.8. The number of rotatable bonds is 4. The molecule has 2 aliphatic rings. The van der Waals surface area contributed by atoms with E-state index in [-0.39, 0.29) is 35.1 Å². The van der Waals surface area contributed by atoms with Crippen molar-refractivity contribution in [2.75, 3.05) is 0 Å². The Kier molecular flexibility index (Phi) is 4.25. The zero-order valence-electron chi connectivity index (χ0n) is 15.6. The van der Waals surface area contributed by atoms with E-state index in [0.717, 1.165) is 0 Å². The Balaban J connectivity index is 1.72. The van der Waals surface area contributed by atoms with Gasteiger partial charge < -0.3 is 9.33 Å². The van der Waals surface area contributed by atoms with Crippen LogP contribution >= 0.6 is 0 Å². The number of hydrogen-bond acceptors (Lipinski definition) is 2. The second-order valence-corrected chi connectivity index (χ2v) is 13.3. The van der Waals surface area contributed by atoms with Gasteiger partial charge in [-0.1, -0.05) is 63.3 Å². The molecule has 0 spiro atoms. The van der Waals surface area contributed by atoms with Gasteiger partial charge in [0.15, 0.2) is 8.32 Å². The summed E-state index contributed by atoms with van der Waals surface area (Å²) in [5.41, 5.74) is 1.18. The van der Waals surface area contributed by atoms with Crippen molar-refractivity contribution in [3.63, 3.8) is 0 Å². The third-order valence-corrected chi connectivity index (χ3v) is 10.5. The van der Waals surface area contributed by atoms with Crippen molar-refractivity contribution >= 4 is 14.2 Å². The van der Waals surface area contributed by atoms with Crippen LogP contribution in [0.2, 0.25) is 18.1 Å². The number of benzene rings is 1. The van der Waals surface area contributed by atoms with Crippen LogP contribution in [0.25, 0.3) is 0 Å². The average molecular weight is 344 g/mol. The second kappa shape index (κ2) is 5.85. The number of β-lactam (4-membered cyclic amide) rings is 1. The van der Waals surface area contributed by atoms with Crippen LogP contribution in [0.15, 0.2) is 42.5 Å². The maximum absolute atomic E-state index is 12.8. The van der Waals surface area contributed by atoms with Gasteiger partial charge in [0.25, 0.3) is 0 Å². The molecule has 0 aliphatic carbocycles. The van der Waals surface area contributed by atoms with Crippen LogP contribution in [-0.2, 0) is 9.22 Å². The van der Waals surface area contributed by atoms with E-state index in [4.69, 9.17) is 4.43 Å². The lowest BCUT2D eigenvalue weighted by molar-refractivity contribution is -0.160. The van der Waals surface area contributed by atoms with Gasteiger partial charge in [-0.15, -0.1) is 0 Å². The molecule has 0 N–H and O–H groups in total. The fourth-order valence-corrected chi connectivity index (χ4v) is 4.95. The first-order chi connectivity index (χ1) is 11.1. The van der Waals surface area contributed by atoms with Gasteiger partial charge in [-0.05, 0) is 30.6 Å². The summed E-state index contributed by atoms with van der Waals surface area (Å²) in [6.45, 7) is 13.3. The van der Waals surface area contributed by atoms with Gasteiger partial charge in [0.05, 0.1) is 24.1 Å². The zero-order valence-corrected chi connectivity index (χ0v) is 16.6. The Morgan fingerprint density at radius 2 is 1.75 bits per heavy atom. The van der Waals surface area contributed by atoms with E-state index in [9.17, 15) is 4.79 Å². The summed E-state index contributed by atoms with van der Waals surface area (Å²) in [6, 6.07) is 10.5. The first-order valence-electron chi connectivity index (χ1n) is 8.87. The predicted molar refractivity (Wildman–Crippen MR) is 100 cm³/mol. The molecule has 2 heterocycles. The molecule has 24 heavy (non-hydrogen) atoms. The molecule has 130 valence electrons. The Labute approximate surface area is 146 Å². The lowest BCUT2D eigenvalue weighted by Gasteiger charge is -2.50. The molecule has 1 saturated heterocycles. The highest BCUT2D eigenvalue weighted by Crippen LogP contribution is 2.46. The Bertz CT molecular complexity index is 647. The van der Waals surface area contributed by atoms with Crippen LogP contribution < -0.4 is 0 Å². The number of nitrogens with zero attached hydrogens (tertiary/aromatic N) is 1. The minimum absolute atomic E-state index is 0.0289. The number of amides is 1. The first-order valence-corrected chi connectivity index (χ1v) is 11.8. The van der Waals surface area contributed by atoms with Gasteiger partial charge in [0.1, 0.15) is 0 Å². The van der Waals surface area contributed by atoms with Crippen molar-refractivity contribution in [1.82, 2.24) is 4.90 Å². The second-order valence-electron chi connectivity index (χ2n) is 8.59. The molecule has 0 aromatic heterocycles. The minimum atomic E-state index is -1.86. The molecule has 1 fully saturated rings. The topological polar surface area (TPSA) is 29.5 Å². The summed E-state index contributed by atoms with van der Waals surface area (Å²) in [7, 11) is -1.86. The quantitative estimate of drug-likeness (QED) is 0.456. The highest BCUT2D eigenvalue weighted by atomic mass is 28.4. The molecular weight excluding hydrogens is 314 g/mol. The number of fused-ring (bicyclic) bond motifs is 1. The van der Waals surface area contributed by atoms with Gasteiger partial charge in [-0.3, -0.25) is 4.79 Å². The molecule has 1 unspecified atom stereocenters. The molecular formula is C20H29NO2Si. The van der Waals surface area contributed by atoms with Crippen LogP contribution in [0.1, 0.15) is 39.3 Å². The molecule has 3 rings (SSSR count). The molecule has 4 heteroatoms. The lowest BCUT2D eigenvalue weighted by atomic mass is 9.84. The van der Waals surface area contributed by atoms with E-state index in [2.05, 4.69) is 65.1 Å². The normalized spacial score (nSPS) is 27.8. The van der Waals surface area contributed by atoms with E-state index in [1.807, 2.05) is 23.1 Å². The minimum Gasteiger partial charge on any atom is -0.413 e. The molecule has 1 aromatic carbocycles. The maximum Gasteiger partial charge on any atom is 0.231 e. The molecule has 1 aromatic rings. The van der Waals surface area contributed by atoms with Crippen LogP contribution in [-0.4, -0.2) is 31.3 Å². The third kappa shape index (κ3) is 2.76. The molecule has 0 bridgehead atoms. The first kappa shape index (κ1) is 17.4. The van der Waals surface area contributed by atoms with Crippen molar-refractivity contribution < 1.29 is 9.22 Å². The summed E-state index contributed by atoms with van der Waals surface area (Å²) in [6.07, 6.45) is 4.32. The van der Waals surface area contributed by atoms with Gasteiger partial charge >= 0.3 is 0 Å². The van der Waals surface area contributed by atoms with E-state index in [0.29, 0.717) is 0 Å². The van der Waals surface area contributed by atoms with Crippen LogP contribution in [0.3, 0.4) is 0 Å². The fraction of sp³-hybridized carbons (Fsp3) is 0.550. The monoisotopic (exact) mass is 343 g/mol. The highest BCUT2D eigenvalue weighted by Gasteiger charge is 2.55. The van der Waals surface area contributed by atoms with E-state index in [1.165, 1.54) is 5.56 Å². The molecule has 0 radical (unpaired) electrons. The molecule has 1 amide bonds. The number of hydrogen-bond donors (Lipinski definition) is 0. The van der Waals surface area contributed by atoms with E-state index >= 15 is 0 Å². The van der Waals surface area contributed by atoms with Gasteiger partial charge in [0.2, 0.25) is 5.91 Å². The van der Waals surface area contributed by atoms with Gasteiger partial charge in [-0.2, -0.15) is 0 Å². The van der Waals surface area contributed by atoms with Crippen molar-refractivity contribution in [2.24, 2.45) is 5.92 Å². The number of carbonyl (C=O) groups is 1. The van der Waals surface area contributed by atoms with Crippen LogP contribution in [0.4, 0.5) is 0 Å². The fourth-order valence-electron chi connectivity index (χ4n) is 3.52. The van der Waals surface area contributed by atoms with E-state index in [1.54, 1.807) is 0 Å². The smallest absolute Gasteiger partial charge is 0.231 e. The van der Waals surface area contributed by atoms with Gasteiger partial charge in [-0.25, -0.2) is 0 Å². The highest BCUT2D eigenvalue weighted by molar-refractivity contribution is 6.74. The third-order valence-electron chi connectivity index (χ3n) is 5.95. The zero-order chi connectivity index (χ0) is 17.7. The summed E-state index contributed by atoms with van der Waals surface area (Å²) < 4.78 is 6.48. The Morgan fingerprint density at radius 1 is 1.12 bits per heavy atom. The molecule has 4 atom stereocenters. The van der Waals surface area contributed by atoms with Crippen LogP contribution in [0.5, 0.6) is 0 Å². The van der Waals surface area contributed by atoms with E-state index < -0.39 is 8.32 Å². The van der Waals surface area contributed by atoms with Crippen molar-refractivity contribution in [2.45, 2.75) is 64.0 Å². The van der Waals surface area contributed by atoms with Crippen LogP contribution in [0, 0.1) is 5.92 Å². The number of carbonyl (C=O) groups excluding carboxylic acids is 1. The van der Waals surface area contributed by atoms with Crippen molar-refractivity contribution in [3.05, 3.63) is 48.0 Å². The van der Waals surface area contributed by atoms with Crippen molar-refractivity contribution in [3.8, 4) is 0 Å². The predicted octanol–water partition coefficient (Wildman–Crippen LogP) is 4.53. The maximum atomic E-state index is 12.8. The van der Waals surface area contributed by atoms with Crippen molar-refractivity contribution in [1.29, 1.82) is 0 Å². The summed E-state index contributed by atoms with van der Waals surface area (Å²) in [5.74, 6) is 0.189.